The van der Waals surface area contributed by atoms with Gasteiger partial charge in [0.2, 0.25) is 0 Å². The third kappa shape index (κ3) is 10.7. The number of nitrogens with zero attached hydrogens (tertiary/aromatic N) is 2. The molecule has 0 saturated carbocycles. The lowest BCUT2D eigenvalue weighted by Crippen LogP contribution is -2.51. The van der Waals surface area contributed by atoms with Gasteiger partial charge in [-0.2, -0.15) is 26.3 Å². The molecular weight excluding hydrogens is 474 g/mol. The first kappa shape index (κ1) is 30.4. The van der Waals surface area contributed by atoms with Gasteiger partial charge in [-0.3, -0.25) is 0 Å². The second kappa shape index (κ2) is 12.6. The van der Waals surface area contributed by atoms with E-state index in [1.807, 2.05) is 0 Å². The minimum atomic E-state index is -6.72. The fourth-order valence-corrected chi connectivity index (χ4v) is 5.03. The van der Waals surface area contributed by atoms with Crippen LogP contribution in [0.2, 0.25) is 0 Å². The molecule has 0 radical (unpaired) electrons. The zero-order valence-electron chi connectivity index (χ0n) is 17.8. The highest BCUT2D eigenvalue weighted by molar-refractivity contribution is 8.13. The van der Waals surface area contributed by atoms with Gasteiger partial charge in [-0.1, -0.05) is 32.6 Å². The van der Waals surface area contributed by atoms with Crippen LogP contribution in [-0.4, -0.2) is 58.5 Å². The van der Waals surface area contributed by atoms with Crippen LogP contribution in [0.15, 0.2) is 0 Å². The molecule has 188 valence electrons. The number of hydrogen-bond acceptors (Lipinski definition) is 4. The summed E-state index contributed by atoms with van der Waals surface area (Å²) in [6.45, 7) is 10.4. The molecule has 1 fully saturated rings. The number of piperidine rings is 1. The molecule has 0 aromatic heterocycles. The van der Waals surface area contributed by atoms with E-state index in [9.17, 15) is 43.2 Å². The molecule has 1 saturated heterocycles. The number of quaternary nitrogens is 1. The van der Waals surface area contributed by atoms with Crippen molar-refractivity contribution in [3.63, 3.8) is 0 Å². The summed E-state index contributed by atoms with van der Waals surface area (Å²) in [5.74, 6) is 0. The normalized spacial score (nSPS) is 17.7. The summed E-state index contributed by atoms with van der Waals surface area (Å²) < 4.78 is 111. The summed E-state index contributed by atoms with van der Waals surface area (Å²) >= 11 is 0. The Morgan fingerprint density at radius 3 is 1.52 bits per heavy atom. The fraction of sp³-hybridized carbons (Fsp3) is 1.00. The highest BCUT2D eigenvalue weighted by atomic mass is 32.3. The first-order valence-corrected chi connectivity index (χ1v) is 13.1. The number of halogens is 6. The fourth-order valence-electron chi connectivity index (χ4n) is 3.32. The molecule has 1 aliphatic heterocycles. The number of alkyl halides is 6. The Morgan fingerprint density at radius 2 is 1.13 bits per heavy atom. The zero-order chi connectivity index (χ0) is 24.4. The molecule has 0 spiro atoms. The van der Waals surface area contributed by atoms with Crippen molar-refractivity contribution in [3.8, 4) is 0 Å². The average Bonchev–Trinajstić information content (AvgIpc) is 2.63. The van der Waals surface area contributed by atoms with Gasteiger partial charge in [-0.15, -0.1) is 0 Å². The Hall–Kier alpha value is -0.600. The van der Waals surface area contributed by atoms with Crippen LogP contribution in [-0.2, 0) is 20.0 Å². The van der Waals surface area contributed by atoms with Crippen LogP contribution < -0.4 is 0 Å². The second-order valence-electron chi connectivity index (χ2n) is 7.57. The van der Waals surface area contributed by atoms with Gasteiger partial charge in [-0.05, 0) is 39.0 Å². The van der Waals surface area contributed by atoms with Gasteiger partial charge in [0.15, 0.2) is 20.0 Å². The topological polar surface area (TPSA) is 82.4 Å². The SMILES string of the molecule is CCCCCCCC[N+]1(CC)CCCCC1.O=S(=O)([N-]S(=O)(=O)C(F)(F)F)C(F)(F)F. The van der Waals surface area contributed by atoms with Crippen molar-refractivity contribution in [3.05, 3.63) is 4.13 Å². The van der Waals surface area contributed by atoms with Gasteiger partial charge in [0.05, 0.1) is 26.2 Å². The Kier molecular flexibility index (Phi) is 12.3. The Bertz CT molecular complexity index is 674. The highest BCUT2D eigenvalue weighted by Gasteiger charge is 2.46. The molecule has 0 unspecified atom stereocenters. The van der Waals surface area contributed by atoms with E-state index >= 15 is 0 Å². The molecule has 1 heterocycles. The van der Waals surface area contributed by atoms with Gasteiger partial charge in [0.1, 0.15) is 0 Å². The van der Waals surface area contributed by atoms with Crippen LogP contribution in [0, 0.1) is 0 Å². The van der Waals surface area contributed by atoms with Crippen molar-refractivity contribution in [2.24, 2.45) is 0 Å². The van der Waals surface area contributed by atoms with Gasteiger partial charge in [-0.25, -0.2) is 16.8 Å². The summed E-state index contributed by atoms with van der Waals surface area (Å²) in [5, 5.41) is 0. The van der Waals surface area contributed by atoms with Gasteiger partial charge in [0.25, 0.3) is 0 Å². The molecule has 1 rings (SSSR count). The van der Waals surface area contributed by atoms with Crippen LogP contribution in [0.1, 0.15) is 71.6 Å². The molecule has 0 atom stereocenters. The van der Waals surface area contributed by atoms with Gasteiger partial charge < -0.3 is 8.61 Å². The lowest BCUT2D eigenvalue weighted by molar-refractivity contribution is -0.931. The minimum Gasteiger partial charge on any atom is -0.421 e. The van der Waals surface area contributed by atoms with Crippen LogP contribution >= 0.6 is 0 Å². The van der Waals surface area contributed by atoms with Crippen LogP contribution in [0.3, 0.4) is 0 Å². The quantitative estimate of drug-likeness (QED) is 0.225. The number of unbranched alkanes of at least 4 members (excludes halogenated alkanes) is 5. The molecule has 0 aromatic rings. The van der Waals surface area contributed by atoms with E-state index < -0.39 is 31.1 Å². The second-order valence-corrected chi connectivity index (χ2v) is 11.0. The van der Waals surface area contributed by atoms with Crippen molar-refractivity contribution < 1.29 is 47.7 Å². The largest absolute Gasteiger partial charge is 0.480 e. The number of rotatable bonds is 10. The molecule has 0 bridgehead atoms. The van der Waals surface area contributed by atoms with Crippen LogP contribution in [0.25, 0.3) is 4.13 Å². The van der Waals surface area contributed by atoms with E-state index in [2.05, 4.69) is 13.8 Å². The summed E-state index contributed by atoms with van der Waals surface area (Å²) in [4.78, 5) is 0. The molecule has 0 N–H and O–H groups in total. The van der Waals surface area contributed by atoms with Crippen molar-refractivity contribution in [2.45, 2.75) is 82.7 Å². The molecule has 0 aliphatic carbocycles. The summed E-state index contributed by atoms with van der Waals surface area (Å²) in [5.41, 5.74) is -12.4. The molecule has 14 heteroatoms. The predicted octanol–water partition coefficient (Wildman–Crippen LogP) is 5.43. The van der Waals surface area contributed by atoms with Crippen LogP contribution in [0.5, 0.6) is 0 Å². The summed E-state index contributed by atoms with van der Waals surface area (Å²) in [6.07, 6.45) is 13.1. The highest BCUT2D eigenvalue weighted by Crippen LogP contribution is 2.36. The number of hydrogen-bond donors (Lipinski definition) is 0. The smallest absolute Gasteiger partial charge is 0.421 e. The number of likely N-dealkylation sites (tertiary alicyclic amines) is 1. The lowest BCUT2D eigenvalue weighted by atomic mass is 10.1. The maximum atomic E-state index is 11.4. The molecule has 0 amide bonds. The summed E-state index contributed by atoms with van der Waals surface area (Å²) in [6, 6.07) is 0. The first-order valence-electron chi connectivity index (χ1n) is 10.3. The van der Waals surface area contributed by atoms with E-state index in [1.54, 1.807) is 0 Å². The predicted molar refractivity (Wildman–Crippen MR) is 106 cm³/mol. The maximum Gasteiger partial charge on any atom is 0.480 e. The van der Waals surface area contributed by atoms with Gasteiger partial charge in [0, 0.05) is 0 Å². The Morgan fingerprint density at radius 1 is 0.710 bits per heavy atom. The van der Waals surface area contributed by atoms with Crippen molar-refractivity contribution in [1.82, 2.24) is 0 Å². The van der Waals surface area contributed by atoms with E-state index in [0.717, 1.165) is 4.13 Å². The van der Waals surface area contributed by atoms with Crippen molar-refractivity contribution >= 4 is 20.0 Å². The average molecular weight is 507 g/mol. The monoisotopic (exact) mass is 506 g/mol. The lowest BCUT2D eigenvalue weighted by Gasteiger charge is -2.41. The molecule has 1 aliphatic rings. The zero-order valence-corrected chi connectivity index (χ0v) is 19.4. The Balaban J connectivity index is 0.000000582. The van der Waals surface area contributed by atoms with E-state index in [-0.39, 0.29) is 0 Å². The van der Waals surface area contributed by atoms with Gasteiger partial charge >= 0.3 is 11.0 Å². The van der Waals surface area contributed by atoms with Crippen molar-refractivity contribution in [1.29, 1.82) is 0 Å². The Labute approximate surface area is 181 Å². The van der Waals surface area contributed by atoms with Crippen molar-refractivity contribution in [2.75, 3.05) is 26.2 Å². The standard InChI is InChI=1S/C15H32N.C2F6NO4S2/c1-3-5-6-7-8-10-13-16(4-2)14-11-9-12-15-16;3-1(4,5)14(10,11)9-15(12,13)2(6,7)8/h3-15H2,1-2H3;/q+1;-1. The third-order valence-corrected chi connectivity index (χ3v) is 7.94. The first-order chi connectivity index (χ1) is 14.0. The number of sulfonamides is 2. The molecule has 0 aromatic carbocycles. The van der Waals surface area contributed by atoms with Crippen LogP contribution in [0.4, 0.5) is 26.3 Å². The van der Waals surface area contributed by atoms with E-state index in [1.165, 1.54) is 88.4 Å². The maximum absolute atomic E-state index is 11.4. The molecular formula is C17H32F6N2O4S2. The molecule has 31 heavy (non-hydrogen) atoms. The third-order valence-electron chi connectivity index (χ3n) is 5.20. The minimum absolute atomic E-state index is 0.778. The molecule has 6 nitrogen and oxygen atoms in total. The van der Waals surface area contributed by atoms with E-state index in [0.29, 0.717) is 0 Å². The van der Waals surface area contributed by atoms with E-state index in [4.69, 9.17) is 0 Å². The summed E-state index contributed by atoms with van der Waals surface area (Å²) in [7, 11) is -13.4.